The maximum Gasteiger partial charge on any atom is 0.339 e. The molecule has 0 aliphatic rings. The lowest BCUT2D eigenvalue weighted by Crippen LogP contribution is -2.21. The van der Waals surface area contributed by atoms with Gasteiger partial charge in [0.15, 0.2) is 6.61 Å². The number of aryl methyl sites for hydroxylation is 1. The molecule has 0 bridgehead atoms. The van der Waals surface area contributed by atoms with Crippen molar-refractivity contribution in [2.75, 3.05) is 23.8 Å². The zero-order chi connectivity index (χ0) is 23.1. The van der Waals surface area contributed by atoms with Crippen molar-refractivity contribution in [2.24, 2.45) is 0 Å². The largest absolute Gasteiger partial charge is 0.484 e. The van der Waals surface area contributed by atoms with Crippen molar-refractivity contribution in [2.45, 2.75) is 11.8 Å². The van der Waals surface area contributed by atoms with E-state index in [9.17, 15) is 18.0 Å². The lowest BCUT2D eigenvalue weighted by Gasteiger charge is -2.11. The topological polar surface area (TPSA) is 111 Å². The van der Waals surface area contributed by atoms with Gasteiger partial charge in [-0.15, -0.1) is 0 Å². The third-order valence-electron chi connectivity index (χ3n) is 4.38. The van der Waals surface area contributed by atoms with E-state index in [0.717, 1.165) is 5.56 Å². The van der Waals surface area contributed by atoms with Crippen molar-refractivity contribution in [3.63, 3.8) is 0 Å². The average molecular weight is 455 g/mol. The highest BCUT2D eigenvalue weighted by molar-refractivity contribution is 7.92. The highest BCUT2D eigenvalue weighted by Crippen LogP contribution is 2.20. The minimum atomic E-state index is -3.76. The number of sulfonamides is 1. The lowest BCUT2D eigenvalue weighted by atomic mass is 10.2. The number of esters is 1. The van der Waals surface area contributed by atoms with Gasteiger partial charge in [-0.2, -0.15) is 0 Å². The maximum atomic E-state index is 12.6. The Labute approximate surface area is 186 Å². The van der Waals surface area contributed by atoms with Crippen LogP contribution < -0.4 is 14.8 Å². The molecule has 0 aliphatic heterocycles. The van der Waals surface area contributed by atoms with Gasteiger partial charge in [-0.25, -0.2) is 13.2 Å². The van der Waals surface area contributed by atoms with E-state index in [1.54, 1.807) is 36.4 Å². The molecule has 0 radical (unpaired) electrons. The fraction of sp³-hybridized carbons (Fsp3) is 0.130. The molecule has 0 fully saturated rings. The summed E-state index contributed by atoms with van der Waals surface area (Å²) in [5, 5.41) is 2.59. The molecule has 3 aromatic rings. The second kappa shape index (κ2) is 9.97. The molecule has 3 aromatic carbocycles. The van der Waals surface area contributed by atoms with Crippen LogP contribution in [0.5, 0.6) is 5.75 Å². The van der Waals surface area contributed by atoms with Gasteiger partial charge < -0.3 is 14.8 Å². The normalized spacial score (nSPS) is 10.8. The fourth-order valence-corrected chi connectivity index (χ4v) is 3.90. The monoisotopic (exact) mass is 454 g/mol. The van der Waals surface area contributed by atoms with Crippen molar-refractivity contribution in [1.82, 2.24) is 0 Å². The summed E-state index contributed by atoms with van der Waals surface area (Å²) in [6.45, 7) is 1.54. The number of methoxy groups -OCH3 is 1. The average Bonchev–Trinajstić information content (AvgIpc) is 2.77. The molecule has 3 rings (SSSR count). The van der Waals surface area contributed by atoms with Gasteiger partial charge in [-0.05, 0) is 61.0 Å². The zero-order valence-corrected chi connectivity index (χ0v) is 18.3. The molecule has 0 unspecified atom stereocenters. The number of anilines is 2. The van der Waals surface area contributed by atoms with Crippen molar-refractivity contribution in [1.29, 1.82) is 0 Å². The second-order valence-electron chi connectivity index (χ2n) is 6.82. The van der Waals surface area contributed by atoms with E-state index in [1.165, 1.54) is 37.4 Å². The number of hydrogen-bond acceptors (Lipinski definition) is 6. The molecule has 0 aromatic heterocycles. The molecule has 32 heavy (non-hydrogen) atoms. The van der Waals surface area contributed by atoms with Gasteiger partial charge in [-0.1, -0.05) is 24.3 Å². The molecule has 166 valence electrons. The van der Waals surface area contributed by atoms with Gasteiger partial charge in [0, 0.05) is 5.69 Å². The van der Waals surface area contributed by atoms with E-state index in [0.29, 0.717) is 17.1 Å². The quantitative estimate of drug-likeness (QED) is 0.503. The molecular formula is C23H22N2O6S. The minimum Gasteiger partial charge on any atom is -0.484 e. The summed E-state index contributed by atoms with van der Waals surface area (Å²) in [5.41, 5.74) is 1.92. The van der Waals surface area contributed by atoms with Gasteiger partial charge >= 0.3 is 5.97 Å². The third kappa shape index (κ3) is 5.86. The van der Waals surface area contributed by atoms with Crippen LogP contribution in [-0.4, -0.2) is 34.0 Å². The van der Waals surface area contributed by atoms with Crippen molar-refractivity contribution < 1.29 is 27.5 Å². The predicted molar refractivity (Wildman–Crippen MR) is 120 cm³/mol. The lowest BCUT2D eigenvalue weighted by molar-refractivity contribution is -0.118. The molecule has 0 spiro atoms. The summed E-state index contributed by atoms with van der Waals surface area (Å²) in [6.07, 6.45) is 0. The summed E-state index contributed by atoms with van der Waals surface area (Å²) in [7, 11) is -2.51. The first-order valence-corrected chi connectivity index (χ1v) is 11.1. The van der Waals surface area contributed by atoms with Gasteiger partial charge in [0.1, 0.15) is 5.75 Å². The number of rotatable bonds is 8. The van der Waals surface area contributed by atoms with Crippen molar-refractivity contribution in [3.8, 4) is 5.75 Å². The number of para-hydroxylation sites is 1. The van der Waals surface area contributed by atoms with E-state index < -0.39 is 21.9 Å². The highest BCUT2D eigenvalue weighted by atomic mass is 32.2. The molecule has 2 N–H and O–H groups in total. The summed E-state index contributed by atoms with van der Waals surface area (Å²) in [6, 6.07) is 19.2. The van der Waals surface area contributed by atoms with Crippen LogP contribution in [0.15, 0.2) is 77.7 Å². The van der Waals surface area contributed by atoms with Gasteiger partial charge in [-0.3, -0.25) is 9.52 Å². The molecule has 0 aliphatic carbocycles. The van der Waals surface area contributed by atoms with Gasteiger partial charge in [0.2, 0.25) is 0 Å². The minimum absolute atomic E-state index is 0.0582. The molecule has 0 saturated heterocycles. The number of carbonyl (C=O) groups is 2. The van der Waals surface area contributed by atoms with Crippen molar-refractivity contribution >= 4 is 33.3 Å². The third-order valence-corrected chi connectivity index (χ3v) is 5.78. The first kappa shape index (κ1) is 22.8. The van der Waals surface area contributed by atoms with Gasteiger partial charge in [0.25, 0.3) is 15.9 Å². The fourth-order valence-electron chi connectivity index (χ4n) is 2.85. The van der Waals surface area contributed by atoms with Crippen LogP contribution in [-0.2, 0) is 19.6 Å². The molecule has 1 amide bonds. The molecule has 9 heteroatoms. The molecular weight excluding hydrogens is 432 g/mol. The molecule has 0 atom stereocenters. The van der Waals surface area contributed by atoms with Crippen LogP contribution >= 0.6 is 0 Å². The Balaban J connectivity index is 1.60. The van der Waals surface area contributed by atoms with E-state index >= 15 is 0 Å². The van der Waals surface area contributed by atoms with Crippen LogP contribution in [0, 0.1) is 6.92 Å². The first-order chi connectivity index (χ1) is 15.3. The second-order valence-corrected chi connectivity index (χ2v) is 8.50. The van der Waals surface area contributed by atoms with E-state index in [-0.39, 0.29) is 17.1 Å². The number of nitrogens with one attached hydrogen (secondary N) is 2. The highest BCUT2D eigenvalue weighted by Gasteiger charge is 2.16. The van der Waals surface area contributed by atoms with E-state index in [4.69, 9.17) is 9.47 Å². The van der Waals surface area contributed by atoms with Gasteiger partial charge in [0.05, 0.1) is 23.3 Å². The summed E-state index contributed by atoms with van der Waals surface area (Å²) in [4.78, 5) is 24.1. The molecule has 0 saturated carbocycles. The Morgan fingerprint density at radius 1 is 0.938 bits per heavy atom. The number of hydrogen-bond donors (Lipinski definition) is 2. The summed E-state index contributed by atoms with van der Waals surface area (Å²) < 4.78 is 37.7. The molecule has 8 nitrogen and oxygen atoms in total. The number of carbonyl (C=O) groups excluding carboxylic acids is 2. The van der Waals surface area contributed by atoms with Crippen LogP contribution in [0.4, 0.5) is 11.4 Å². The maximum absolute atomic E-state index is 12.6. The first-order valence-electron chi connectivity index (χ1n) is 9.58. The predicted octanol–water partition coefficient (Wildman–Crippen LogP) is 3.60. The SMILES string of the molecule is COC(=O)c1ccccc1NC(=O)COc1ccc(S(=O)(=O)Nc2cccc(C)c2)cc1. The zero-order valence-electron chi connectivity index (χ0n) is 17.5. The number of ether oxygens (including phenoxy) is 2. The Kier molecular flexibility index (Phi) is 7.11. The van der Waals surface area contributed by atoms with Crippen LogP contribution in [0.2, 0.25) is 0 Å². The molecule has 0 heterocycles. The Hall–Kier alpha value is -3.85. The summed E-state index contributed by atoms with van der Waals surface area (Å²) >= 11 is 0. The standard InChI is InChI=1S/C23H22N2O6S/c1-16-6-5-7-17(14-16)25-32(28,29)19-12-10-18(11-13-19)31-15-22(26)24-21-9-4-3-8-20(21)23(27)30-2/h3-14,25H,15H2,1-2H3,(H,24,26). The Bertz CT molecular complexity index is 1220. The van der Waals surface area contributed by atoms with E-state index in [1.807, 2.05) is 13.0 Å². The number of amides is 1. The van der Waals surface area contributed by atoms with E-state index in [2.05, 4.69) is 10.0 Å². The van der Waals surface area contributed by atoms with Crippen LogP contribution in [0.3, 0.4) is 0 Å². The summed E-state index contributed by atoms with van der Waals surface area (Å²) in [5.74, 6) is -0.743. The van der Waals surface area contributed by atoms with Crippen molar-refractivity contribution in [3.05, 3.63) is 83.9 Å². The smallest absolute Gasteiger partial charge is 0.339 e. The van der Waals surface area contributed by atoms with Crippen LogP contribution in [0.1, 0.15) is 15.9 Å². The Morgan fingerprint density at radius 2 is 1.66 bits per heavy atom. The van der Waals surface area contributed by atoms with Crippen LogP contribution in [0.25, 0.3) is 0 Å². The number of benzene rings is 3. The Morgan fingerprint density at radius 3 is 2.34 bits per heavy atom.